The first-order chi connectivity index (χ1) is 9.95. The fourth-order valence-corrected chi connectivity index (χ4v) is 4.72. The summed E-state index contributed by atoms with van der Waals surface area (Å²) >= 11 is 1.97. The average Bonchev–Trinajstić information content (AvgIpc) is 2.89. The Labute approximate surface area is 134 Å². The maximum absolute atomic E-state index is 5.09. The second-order valence-electron chi connectivity index (χ2n) is 7.48. The van der Waals surface area contributed by atoms with Gasteiger partial charge in [-0.05, 0) is 38.1 Å². The molecular weight excluding hydrogens is 276 g/mol. The van der Waals surface area contributed by atoms with E-state index in [0.717, 1.165) is 19.0 Å². The third-order valence-electron chi connectivity index (χ3n) is 4.73. The smallest absolute Gasteiger partial charge is 0.0962 e. The molecule has 1 aliphatic carbocycles. The van der Waals surface area contributed by atoms with Gasteiger partial charge in [0.05, 0.1) is 10.7 Å². The quantitative estimate of drug-likeness (QED) is 0.805. The Bertz CT molecular complexity index is 437. The molecule has 2 nitrogen and oxygen atoms in total. The molecule has 3 heteroatoms. The summed E-state index contributed by atoms with van der Waals surface area (Å²) in [6.07, 6.45) is 6.83. The second-order valence-corrected chi connectivity index (χ2v) is 8.60. The number of hydrogen-bond donors (Lipinski definition) is 1. The minimum atomic E-state index is 0.153. The Hall–Kier alpha value is -0.410. The van der Waals surface area contributed by atoms with Crippen LogP contribution in [0.4, 0.5) is 0 Å². The first-order valence-corrected chi connectivity index (χ1v) is 9.48. The normalized spacial score (nSPS) is 23.5. The van der Waals surface area contributed by atoms with Crippen molar-refractivity contribution < 1.29 is 0 Å². The summed E-state index contributed by atoms with van der Waals surface area (Å²) in [6.45, 7) is 13.4. The molecule has 0 aromatic carbocycles. The van der Waals surface area contributed by atoms with Crippen molar-refractivity contribution in [1.82, 2.24) is 10.3 Å². The van der Waals surface area contributed by atoms with Crippen LogP contribution in [0.5, 0.6) is 0 Å². The van der Waals surface area contributed by atoms with Gasteiger partial charge in [-0.1, -0.05) is 41.0 Å². The van der Waals surface area contributed by atoms with E-state index in [-0.39, 0.29) is 5.41 Å². The van der Waals surface area contributed by atoms with Gasteiger partial charge in [-0.2, -0.15) is 0 Å². The summed E-state index contributed by atoms with van der Waals surface area (Å²) in [6, 6.07) is 0. The predicted octanol–water partition coefficient (Wildman–Crippen LogP) is 5.23. The van der Waals surface area contributed by atoms with Crippen LogP contribution in [0.15, 0.2) is 0 Å². The number of hydrogen-bond acceptors (Lipinski definition) is 3. The summed E-state index contributed by atoms with van der Waals surface area (Å²) in [4.78, 5) is 6.54. The lowest BCUT2D eigenvalue weighted by Crippen LogP contribution is -2.18. The molecule has 0 unspecified atom stereocenters. The highest BCUT2D eigenvalue weighted by Crippen LogP contribution is 2.40. The lowest BCUT2D eigenvalue weighted by Gasteiger charge is -2.26. The number of thiazole rings is 1. The van der Waals surface area contributed by atoms with Crippen molar-refractivity contribution in [2.75, 3.05) is 6.54 Å². The van der Waals surface area contributed by atoms with Crippen LogP contribution in [0.25, 0.3) is 0 Å². The van der Waals surface area contributed by atoms with E-state index in [1.165, 1.54) is 47.7 Å². The molecule has 0 atom stereocenters. The molecule has 1 aromatic rings. The zero-order valence-electron chi connectivity index (χ0n) is 14.5. The van der Waals surface area contributed by atoms with E-state index in [1.54, 1.807) is 0 Å². The molecule has 1 N–H and O–H groups in total. The van der Waals surface area contributed by atoms with E-state index in [0.29, 0.717) is 5.92 Å². The van der Waals surface area contributed by atoms with E-state index in [4.69, 9.17) is 4.98 Å². The van der Waals surface area contributed by atoms with Gasteiger partial charge in [0.15, 0.2) is 0 Å². The van der Waals surface area contributed by atoms with Crippen LogP contribution in [0.1, 0.15) is 88.2 Å². The number of nitrogens with zero attached hydrogens (tertiary/aromatic N) is 1. The Morgan fingerprint density at radius 2 is 1.81 bits per heavy atom. The van der Waals surface area contributed by atoms with Crippen molar-refractivity contribution in [1.29, 1.82) is 0 Å². The van der Waals surface area contributed by atoms with Crippen LogP contribution in [-0.2, 0) is 12.0 Å². The van der Waals surface area contributed by atoms with Gasteiger partial charge < -0.3 is 5.32 Å². The van der Waals surface area contributed by atoms with Crippen molar-refractivity contribution in [3.63, 3.8) is 0 Å². The van der Waals surface area contributed by atoms with Crippen LogP contribution < -0.4 is 5.32 Å². The molecule has 21 heavy (non-hydrogen) atoms. The molecule has 1 fully saturated rings. The lowest BCUT2D eigenvalue weighted by molar-refractivity contribution is 0.318. The van der Waals surface area contributed by atoms with Crippen molar-refractivity contribution in [2.45, 2.75) is 84.6 Å². The van der Waals surface area contributed by atoms with E-state index in [1.807, 2.05) is 11.3 Å². The van der Waals surface area contributed by atoms with Crippen LogP contribution in [0, 0.1) is 5.92 Å². The van der Waals surface area contributed by atoms with Gasteiger partial charge in [0, 0.05) is 22.8 Å². The zero-order chi connectivity index (χ0) is 15.5. The van der Waals surface area contributed by atoms with Crippen molar-refractivity contribution >= 4 is 11.3 Å². The second kappa shape index (κ2) is 7.23. The predicted molar refractivity (Wildman–Crippen MR) is 93.2 cm³/mol. The van der Waals surface area contributed by atoms with Crippen molar-refractivity contribution in [3.05, 3.63) is 15.6 Å². The highest BCUT2D eigenvalue weighted by atomic mass is 32.1. The molecule has 0 saturated heterocycles. The summed E-state index contributed by atoms with van der Waals surface area (Å²) < 4.78 is 0. The molecule has 1 heterocycles. The standard InChI is InChI=1S/C18H32N2S/c1-6-13-8-10-14(11-9-13)17-20-16(18(3,4)5)15(21-17)12-19-7-2/h13-14,19H,6-12H2,1-5H3. The van der Waals surface area contributed by atoms with E-state index < -0.39 is 0 Å². The lowest BCUT2D eigenvalue weighted by atomic mass is 9.81. The van der Waals surface area contributed by atoms with Crippen LogP contribution in [-0.4, -0.2) is 11.5 Å². The topological polar surface area (TPSA) is 24.9 Å². The largest absolute Gasteiger partial charge is 0.312 e. The van der Waals surface area contributed by atoms with Gasteiger partial charge in [0.2, 0.25) is 0 Å². The Balaban J connectivity index is 2.15. The molecule has 0 radical (unpaired) electrons. The third-order valence-corrected chi connectivity index (χ3v) is 5.95. The summed E-state index contributed by atoms with van der Waals surface area (Å²) in [5.74, 6) is 1.68. The zero-order valence-corrected chi connectivity index (χ0v) is 15.3. The molecule has 1 aliphatic rings. The van der Waals surface area contributed by atoms with E-state index in [9.17, 15) is 0 Å². The Kier molecular flexibility index (Phi) is 5.84. The SMILES string of the molecule is CCNCc1sc(C2CCC(CC)CC2)nc1C(C)(C)C. The van der Waals surface area contributed by atoms with Crippen LogP contribution in [0.3, 0.4) is 0 Å². The van der Waals surface area contributed by atoms with Crippen LogP contribution >= 0.6 is 11.3 Å². The van der Waals surface area contributed by atoms with E-state index >= 15 is 0 Å². The Morgan fingerprint density at radius 1 is 1.14 bits per heavy atom. The Morgan fingerprint density at radius 3 is 2.33 bits per heavy atom. The number of nitrogens with one attached hydrogen (secondary N) is 1. The number of aromatic nitrogens is 1. The molecule has 1 aromatic heterocycles. The molecule has 0 bridgehead atoms. The van der Waals surface area contributed by atoms with Gasteiger partial charge in [-0.3, -0.25) is 0 Å². The van der Waals surface area contributed by atoms with E-state index in [2.05, 4.69) is 39.9 Å². The monoisotopic (exact) mass is 308 g/mol. The molecule has 0 amide bonds. The first-order valence-electron chi connectivity index (χ1n) is 8.66. The summed E-state index contributed by atoms with van der Waals surface area (Å²) in [5.41, 5.74) is 1.47. The molecular formula is C18H32N2S. The minimum Gasteiger partial charge on any atom is -0.312 e. The van der Waals surface area contributed by atoms with Gasteiger partial charge in [-0.25, -0.2) is 4.98 Å². The first kappa shape index (κ1) is 17.0. The maximum atomic E-state index is 5.09. The van der Waals surface area contributed by atoms with Gasteiger partial charge in [-0.15, -0.1) is 11.3 Å². The number of rotatable bonds is 5. The van der Waals surface area contributed by atoms with Crippen molar-refractivity contribution in [3.8, 4) is 0 Å². The fourth-order valence-electron chi connectivity index (χ4n) is 3.31. The minimum absolute atomic E-state index is 0.153. The highest BCUT2D eigenvalue weighted by Gasteiger charge is 2.28. The molecule has 1 saturated carbocycles. The maximum Gasteiger partial charge on any atom is 0.0962 e. The van der Waals surface area contributed by atoms with Gasteiger partial charge in [0.1, 0.15) is 0 Å². The molecule has 0 spiro atoms. The third kappa shape index (κ3) is 4.29. The molecule has 120 valence electrons. The fraction of sp³-hybridized carbons (Fsp3) is 0.833. The average molecular weight is 309 g/mol. The summed E-state index contributed by atoms with van der Waals surface area (Å²) in [7, 11) is 0. The van der Waals surface area contributed by atoms with Crippen molar-refractivity contribution in [2.24, 2.45) is 5.92 Å². The van der Waals surface area contributed by atoms with Gasteiger partial charge >= 0.3 is 0 Å². The highest BCUT2D eigenvalue weighted by molar-refractivity contribution is 7.11. The van der Waals surface area contributed by atoms with Crippen LogP contribution in [0.2, 0.25) is 0 Å². The molecule has 0 aliphatic heterocycles. The molecule has 2 rings (SSSR count). The summed E-state index contributed by atoms with van der Waals surface area (Å²) in [5, 5.41) is 4.88. The van der Waals surface area contributed by atoms with Gasteiger partial charge in [0.25, 0.3) is 0 Å².